The lowest BCUT2D eigenvalue weighted by Crippen LogP contribution is -2.26. The van der Waals surface area contributed by atoms with Crippen LogP contribution in [0.15, 0.2) is 109 Å². The van der Waals surface area contributed by atoms with Gasteiger partial charge in [0, 0.05) is 13.0 Å². The van der Waals surface area contributed by atoms with E-state index < -0.39 is 12.1 Å². The van der Waals surface area contributed by atoms with Crippen LogP contribution >= 0.6 is 0 Å². The molecule has 1 atom stereocenters. The molecule has 1 unspecified atom stereocenters. The molecule has 202 valence electrons. The van der Waals surface area contributed by atoms with E-state index >= 15 is 0 Å². The third-order valence-electron chi connectivity index (χ3n) is 6.18. The third kappa shape index (κ3) is 9.26. The Morgan fingerprint density at radius 1 is 0.700 bits per heavy atom. The highest BCUT2D eigenvalue weighted by atomic mass is 16.5. The highest BCUT2D eigenvalue weighted by Gasteiger charge is 2.17. The van der Waals surface area contributed by atoms with Gasteiger partial charge in [0.15, 0.2) is 6.10 Å². The molecule has 0 radical (unpaired) electrons. The summed E-state index contributed by atoms with van der Waals surface area (Å²) in [5.41, 5.74) is 6.50. The summed E-state index contributed by atoms with van der Waals surface area (Å²) in [5, 5.41) is 9.29. The molecule has 0 saturated carbocycles. The van der Waals surface area contributed by atoms with Crippen LogP contribution in [0.1, 0.15) is 40.3 Å². The highest BCUT2D eigenvalue weighted by molar-refractivity contribution is 5.76. The highest BCUT2D eigenvalue weighted by Crippen LogP contribution is 2.19. The van der Waals surface area contributed by atoms with Gasteiger partial charge in [0.25, 0.3) is 0 Å². The Morgan fingerprint density at radius 2 is 1.20 bits per heavy atom. The number of carboxylic acid groups (broad SMARTS) is 1. The fraction of sp³-hybridized carbons (Fsp3) is 0.139. The van der Waals surface area contributed by atoms with Crippen LogP contribution in [0.2, 0.25) is 0 Å². The van der Waals surface area contributed by atoms with Crippen molar-refractivity contribution in [3.8, 4) is 5.75 Å². The Hall–Kier alpha value is -4.67. The minimum Gasteiger partial charge on any atom is -0.490 e. The first-order valence-corrected chi connectivity index (χ1v) is 13.4. The van der Waals surface area contributed by atoms with Crippen LogP contribution < -0.4 is 4.74 Å². The van der Waals surface area contributed by atoms with E-state index in [9.17, 15) is 9.90 Å². The Labute approximate surface area is 236 Å². The van der Waals surface area contributed by atoms with Gasteiger partial charge in [-0.05, 0) is 76.7 Å². The van der Waals surface area contributed by atoms with E-state index in [1.54, 1.807) is 6.92 Å². The van der Waals surface area contributed by atoms with Gasteiger partial charge in [-0.3, -0.25) is 0 Å². The van der Waals surface area contributed by atoms with Crippen LogP contribution in [0.3, 0.4) is 0 Å². The average Bonchev–Trinajstić information content (AvgIpc) is 2.99. The van der Waals surface area contributed by atoms with Gasteiger partial charge in [-0.1, -0.05) is 103 Å². The molecule has 0 fully saturated rings. The molecular formula is C36H34O4. The molecule has 0 heterocycles. The maximum atomic E-state index is 11.3. The van der Waals surface area contributed by atoms with Crippen molar-refractivity contribution < 1.29 is 19.4 Å². The lowest BCUT2D eigenvalue weighted by Gasteiger charge is -2.12. The van der Waals surface area contributed by atoms with Crippen LogP contribution in [0, 0.1) is 0 Å². The molecule has 4 heteroatoms. The molecule has 4 aromatic carbocycles. The van der Waals surface area contributed by atoms with Crippen molar-refractivity contribution in [2.45, 2.75) is 19.4 Å². The lowest BCUT2D eigenvalue weighted by atomic mass is 10.0. The fourth-order valence-corrected chi connectivity index (χ4v) is 4.19. The molecule has 0 saturated heterocycles. The van der Waals surface area contributed by atoms with Gasteiger partial charge in [0.2, 0.25) is 0 Å². The van der Waals surface area contributed by atoms with E-state index in [1.165, 1.54) is 0 Å². The second-order valence-electron chi connectivity index (χ2n) is 9.26. The smallest absolute Gasteiger partial charge is 0.333 e. The number of benzene rings is 4. The van der Waals surface area contributed by atoms with Crippen molar-refractivity contribution in [3.05, 3.63) is 143 Å². The van der Waals surface area contributed by atoms with E-state index in [4.69, 9.17) is 9.47 Å². The maximum absolute atomic E-state index is 11.3. The second kappa shape index (κ2) is 15.1. The normalized spacial score (nSPS) is 12.3. The molecule has 0 spiro atoms. The molecule has 0 aliphatic rings. The zero-order valence-electron chi connectivity index (χ0n) is 22.6. The van der Waals surface area contributed by atoms with E-state index in [1.807, 2.05) is 66.7 Å². The molecule has 0 aliphatic heterocycles. The minimum atomic E-state index is -0.953. The van der Waals surface area contributed by atoms with Crippen LogP contribution in [0.4, 0.5) is 0 Å². The number of ether oxygens (including phenoxy) is 2. The number of carbonyl (C=O) groups is 1. The van der Waals surface area contributed by atoms with Crippen LogP contribution in [0.25, 0.3) is 30.4 Å². The summed E-state index contributed by atoms with van der Waals surface area (Å²) in [6.45, 7) is 2.57. The molecule has 1 N–H and O–H groups in total. The number of rotatable bonds is 13. The molecule has 4 rings (SSSR count). The van der Waals surface area contributed by atoms with Gasteiger partial charge < -0.3 is 14.6 Å². The standard InChI is InChI=1S/C36H34O4/c1-2-39-35(36(37)38)27-30-19-21-34(22-20-30)40-23-9-14-31-24-32(17-15-28-10-5-3-6-11-28)26-33(25-31)18-16-29-12-7-4-8-13-29/h3-22,24-26,35H,2,23,27H2,1H3,(H,37,38). The number of carboxylic acids is 1. The monoisotopic (exact) mass is 530 g/mol. The molecule has 0 bridgehead atoms. The zero-order chi connectivity index (χ0) is 28.0. The van der Waals surface area contributed by atoms with Gasteiger partial charge in [0.05, 0.1) is 0 Å². The van der Waals surface area contributed by atoms with E-state index in [-0.39, 0.29) is 0 Å². The van der Waals surface area contributed by atoms with E-state index in [0.29, 0.717) is 19.6 Å². The summed E-state index contributed by atoms with van der Waals surface area (Å²) in [6.07, 6.45) is 12.0. The molecule has 0 aromatic heterocycles. The Kier molecular flexibility index (Phi) is 10.7. The van der Waals surface area contributed by atoms with E-state index in [0.717, 1.165) is 39.1 Å². The Morgan fingerprint density at radius 3 is 1.70 bits per heavy atom. The van der Waals surface area contributed by atoms with Crippen LogP contribution in [-0.2, 0) is 16.0 Å². The summed E-state index contributed by atoms with van der Waals surface area (Å²) < 4.78 is 11.2. The molecule has 0 amide bonds. The summed E-state index contributed by atoms with van der Waals surface area (Å²) in [5.74, 6) is -0.228. The molecule has 4 aromatic rings. The Balaban J connectivity index is 1.43. The zero-order valence-corrected chi connectivity index (χ0v) is 22.6. The van der Waals surface area contributed by atoms with Crippen molar-refractivity contribution in [1.82, 2.24) is 0 Å². The molecular weight excluding hydrogens is 496 g/mol. The number of hydrogen-bond donors (Lipinski definition) is 1. The number of aliphatic carboxylic acids is 1. The predicted octanol–water partition coefficient (Wildman–Crippen LogP) is 8.15. The summed E-state index contributed by atoms with van der Waals surface area (Å²) >= 11 is 0. The fourth-order valence-electron chi connectivity index (χ4n) is 4.19. The number of hydrogen-bond acceptors (Lipinski definition) is 3. The van der Waals surface area contributed by atoms with E-state index in [2.05, 4.69) is 72.8 Å². The van der Waals surface area contributed by atoms with Crippen molar-refractivity contribution in [1.29, 1.82) is 0 Å². The lowest BCUT2D eigenvalue weighted by molar-refractivity contribution is -0.149. The average molecular weight is 531 g/mol. The third-order valence-corrected chi connectivity index (χ3v) is 6.18. The summed E-state index contributed by atoms with van der Waals surface area (Å²) in [7, 11) is 0. The maximum Gasteiger partial charge on any atom is 0.333 e. The first-order chi connectivity index (χ1) is 19.6. The minimum absolute atomic E-state index is 0.319. The topological polar surface area (TPSA) is 55.8 Å². The summed E-state index contributed by atoms with van der Waals surface area (Å²) in [4.78, 5) is 11.3. The first-order valence-electron chi connectivity index (χ1n) is 13.4. The van der Waals surface area contributed by atoms with Crippen LogP contribution in [-0.4, -0.2) is 30.4 Å². The molecule has 0 aliphatic carbocycles. The van der Waals surface area contributed by atoms with Crippen molar-refractivity contribution >= 4 is 36.3 Å². The van der Waals surface area contributed by atoms with Crippen molar-refractivity contribution in [3.63, 3.8) is 0 Å². The van der Waals surface area contributed by atoms with Gasteiger partial charge in [-0.2, -0.15) is 0 Å². The molecule has 40 heavy (non-hydrogen) atoms. The predicted molar refractivity (Wildman–Crippen MR) is 165 cm³/mol. The van der Waals surface area contributed by atoms with Crippen molar-refractivity contribution in [2.24, 2.45) is 0 Å². The van der Waals surface area contributed by atoms with Gasteiger partial charge in [-0.25, -0.2) is 4.79 Å². The van der Waals surface area contributed by atoms with Gasteiger partial charge in [0.1, 0.15) is 12.4 Å². The summed E-state index contributed by atoms with van der Waals surface area (Å²) in [6, 6.07) is 34.5. The largest absolute Gasteiger partial charge is 0.490 e. The molecule has 4 nitrogen and oxygen atoms in total. The SMILES string of the molecule is CCOC(Cc1ccc(OCC=Cc2cc(C=Cc3ccccc3)cc(C=Cc3ccccc3)c2)cc1)C(=O)O. The first kappa shape index (κ1) is 28.3. The Bertz CT molecular complexity index is 1370. The second-order valence-corrected chi connectivity index (χ2v) is 9.26. The van der Waals surface area contributed by atoms with Crippen molar-refractivity contribution in [2.75, 3.05) is 13.2 Å². The van der Waals surface area contributed by atoms with Gasteiger partial charge in [-0.15, -0.1) is 0 Å². The van der Waals surface area contributed by atoms with Crippen LogP contribution in [0.5, 0.6) is 5.75 Å². The van der Waals surface area contributed by atoms with Gasteiger partial charge >= 0.3 is 5.97 Å². The quantitative estimate of drug-likeness (QED) is 0.177.